The maximum atomic E-state index is 12.1. The maximum absolute atomic E-state index is 12.1. The molecule has 1 saturated heterocycles. The van der Waals surface area contributed by atoms with Gasteiger partial charge in [0.2, 0.25) is 5.91 Å². The number of aliphatic hydroxyl groups is 1. The lowest BCUT2D eigenvalue weighted by molar-refractivity contribution is -0.123. The summed E-state index contributed by atoms with van der Waals surface area (Å²) in [6.07, 6.45) is -2.62. The Labute approximate surface area is 133 Å². The van der Waals surface area contributed by atoms with Gasteiger partial charge in [0.15, 0.2) is 0 Å². The summed E-state index contributed by atoms with van der Waals surface area (Å²) in [7, 11) is 0. The first-order valence-corrected chi connectivity index (χ1v) is 6.73. The first kappa shape index (κ1) is 18.6. The Morgan fingerprint density at radius 2 is 2.27 bits per heavy atom. The van der Waals surface area contributed by atoms with Crippen molar-refractivity contribution in [1.29, 1.82) is 0 Å². The molecule has 0 aliphatic carbocycles. The van der Waals surface area contributed by atoms with E-state index >= 15 is 0 Å². The van der Waals surface area contributed by atoms with Crippen molar-refractivity contribution in [3.8, 4) is 5.75 Å². The van der Waals surface area contributed by atoms with Crippen molar-refractivity contribution < 1.29 is 23.4 Å². The number of aliphatic hydroxyl groups excluding tert-OH is 1. The molecule has 0 spiro atoms. The molecule has 5 nitrogen and oxygen atoms in total. The molecule has 1 aliphatic heterocycles. The highest BCUT2D eigenvalue weighted by molar-refractivity contribution is 5.85. The van der Waals surface area contributed by atoms with Gasteiger partial charge in [0.25, 0.3) is 6.43 Å². The maximum Gasteiger partial charge on any atom is 0.272 e. The number of hydrogen-bond donors (Lipinski definition) is 3. The van der Waals surface area contributed by atoms with Crippen molar-refractivity contribution >= 4 is 18.3 Å². The number of ether oxygens (including phenoxy) is 1. The number of carbonyl (C=O) groups is 1. The lowest BCUT2D eigenvalue weighted by atomic mass is 10.1. The van der Waals surface area contributed by atoms with Crippen molar-refractivity contribution in [2.45, 2.75) is 31.5 Å². The first-order chi connectivity index (χ1) is 10.0. The number of carbonyl (C=O) groups excluding carboxylic acids is 1. The number of amides is 1. The van der Waals surface area contributed by atoms with Gasteiger partial charge in [-0.25, -0.2) is 8.78 Å². The van der Waals surface area contributed by atoms with Crippen LogP contribution in [0.4, 0.5) is 8.78 Å². The van der Waals surface area contributed by atoms with Crippen LogP contribution in [0.2, 0.25) is 0 Å². The van der Waals surface area contributed by atoms with E-state index in [1.54, 1.807) is 24.3 Å². The Hall–Kier alpha value is -1.44. The summed E-state index contributed by atoms with van der Waals surface area (Å²) in [6, 6.07) is 6.26. The van der Waals surface area contributed by atoms with Gasteiger partial charge in [-0.05, 0) is 24.1 Å². The van der Waals surface area contributed by atoms with Crippen LogP contribution in [0.25, 0.3) is 0 Å². The van der Waals surface area contributed by atoms with Crippen LogP contribution in [0.1, 0.15) is 12.0 Å². The van der Waals surface area contributed by atoms with Crippen LogP contribution in [0.5, 0.6) is 5.75 Å². The molecule has 124 valence electrons. The Bertz CT molecular complexity index is 491. The fraction of sp³-hybridized carbons (Fsp3) is 0.500. The van der Waals surface area contributed by atoms with Gasteiger partial charge in [0.05, 0.1) is 12.1 Å². The fourth-order valence-corrected chi connectivity index (χ4v) is 2.13. The van der Waals surface area contributed by atoms with E-state index in [4.69, 9.17) is 4.74 Å². The minimum absolute atomic E-state index is 0. The lowest BCUT2D eigenvalue weighted by Gasteiger charge is -2.12. The lowest BCUT2D eigenvalue weighted by Crippen LogP contribution is -2.39. The Morgan fingerprint density at radius 1 is 1.50 bits per heavy atom. The summed E-state index contributed by atoms with van der Waals surface area (Å²) < 4.78 is 29.1. The van der Waals surface area contributed by atoms with Crippen molar-refractivity contribution in [3.63, 3.8) is 0 Å². The highest BCUT2D eigenvalue weighted by atomic mass is 35.5. The predicted octanol–water partition coefficient (Wildman–Crippen LogP) is 1.09. The van der Waals surface area contributed by atoms with E-state index < -0.39 is 25.2 Å². The summed E-state index contributed by atoms with van der Waals surface area (Å²) in [4.78, 5) is 11.8. The summed E-state index contributed by atoms with van der Waals surface area (Å²) in [6.45, 7) is 0.0354. The molecular weight excluding hydrogens is 318 g/mol. The van der Waals surface area contributed by atoms with E-state index in [-0.39, 0.29) is 24.9 Å². The van der Waals surface area contributed by atoms with Crippen molar-refractivity contribution in [2.24, 2.45) is 0 Å². The van der Waals surface area contributed by atoms with E-state index in [0.29, 0.717) is 18.7 Å². The third-order valence-corrected chi connectivity index (χ3v) is 3.17. The van der Waals surface area contributed by atoms with Gasteiger partial charge in [-0.1, -0.05) is 12.1 Å². The van der Waals surface area contributed by atoms with Gasteiger partial charge in [-0.3, -0.25) is 4.79 Å². The minimum Gasteiger partial charge on any atom is -0.488 e. The summed E-state index contributed by atoms with van der Waals surface area (Å²) in [5.41, 5.74) is 0.758. The predicted molar refractivity (Wildman–Crippen MR) is 79.5 cm³/mol. The molecular formula is C14H19ClF2N2O3. The Kier molecular flexibility index (Phi) is 7.50. The zero-order chi connectivity index (χ0) is 15.2. The van der Waals surface area contributed by atoms with Crippen LogP contribution in [-0.4, -0.2) is 42.7 Å². The van der Waals surface area contributed by atoms with Crippen molar-refractivity contribution in [2.75, 3.05) is 13.2 Å². The molecule has 1 amide bonds. The van der Waals surface area contributed by atoms with E-state index in [1.165, 1.54) is 0 Å². The molecule has 2 atom stereocenters. The molecule has 1 aromatic carbocycles. The SMILES string of the molecule is Cl.O=C(NCc1cccc(OCC(F)F)c1)C1CC(O)CN1. The fourth-order valence-electron chi connectivity index (χ4n) is 2.13. The smallest absolute Gasteiger partial charge is 0.272 e. The number of benzene rings is 1. The topological polar surface area (TPSA) is 70.6 Å². The van der Waals surface area contributed by atoms with Crippen LogP contribution in [-0.2, 0) is 11.3 Å². The second-order valence-corrected chi connectivity index (χ2v) is 4.92. The zero-order valence-electron chi connectivity index (χ0n) is 11.8. The standard InChI is InChI=1S/C14H18F2N2O3.ClH/c15-13(16)8-21-11-3-1-2-9(4-11)6-18-14(20)12-5-10(19)7-17-12;/h1-4,10,12-13,17,19H,5-8H2,(H,18,20);1H. The number of rotatable bonds is 6. The molecule has 22 heavy (non-hydrogen) atoms. The summed E-state index contributed by atoms with van der Waals surface area (Å²) in [5, 5.41) is 15.0. The minimum atomic E-state index is -2.52. The molecule has 0 radical (unpaired) electrons. The molecule has 0 aromatic heterocycles. The molecule has 2 rings (SSSR count). The molecule has 2 unspecified atom stereocenters. The van der Waals surface area contributed by atoms with Crippen LogP contribution in [0, 0.1) is 0 Å². The molecule has 1 fully saturated rings. The molecule has 8 heteroatoms. The van der Waals surface area contributed by atoms with E-state index in [1.807, 2.05) is 0 Å². The van der Waals surface area contributed by atoms with Gasteiger partial charge in [-0.2, -0.15) is 0 Å². The van der Waals surface area contributed by atoms with E-state index in [2.05, 4.69) is 10.6 Å². The second kappa shape index (κ2) is 8.87. The monoisotopic (exact) mass is 336 g/mol. The number of alkyl halides is 2. The van der Waals surface area contributed by atoms with Crippen LogP contribution in [0.15, 0.2) is 24.3 Å². The highest BCUT2D eigenvalue weighted by Crippen LogP contribution is 2.14. The van der Waals surface area contributed by atoms with E-state index in [9.17, 15) is 18.7 Å². The van der Waals surface area contributed by atoms with Crippen LogP contribution >= 0.6 is 12.4 Å². The number of hydrogen-bond acceptors (Lipinski definition) is 4. The largest absolute Gasteiger partial charge is 0.488 e. The van der Waals surface area contributed by atoms with Gasteiger partial charge in [-0.15, -0.1) is 12.4 Å². The average molecular weight is 337 g/mol. The quantitative estimate of drug-likeness (QED) is 0.727. The normalized spacial score (nSPS) is 20.5. The van der Waals surface area contributed by atoms with Gasteiger partial charge >= 0.3 is 0 Å². The second-order valence-electron chi connectivity index (χ2n) is 4.92. The summed E-state index contributed by atoms with van der Waals surface area (Å²) in [5.74, 6) is 0.155. The molecule has 3 N–H and O–H groups in total. The highest BCUT2D eigenvalue weighted by Gasteiger charge is 2.27. The zero-order valence-corrected chi connectivity index (χ0v) is 12.6. The van der Waals surface area contributed by atoms with Gasteiger partial charge < -0.3 is 20.5 Å². The molecule has 1 aliphatic rings. The van der Waals surface area contributed by atoms with Crippen LogP contribution < -0.4 is 15.4 Å². The Morgan fingerprint density at radius 3 is 2.91 bits per heavy atom. The van der Waals surface area contributed by atoms with Crippen molar-refractivity contribution in [3.05, 3.63) is 29.8 Å². The number of nitrogens with one attached hydrogen (secondary N) is 2. The summed E-state index contributed by atoms with van der Waals surface area (Å²) >= 11 is 0. The van der Waals surface area contributed by atoms with Crippen LogP contribution in [0.3, 0.4) is 0 Å². The van der Waals surface area contributed by atoms with E-state index in [0.717, 1.165) is 5.56 Å². The Balaban J connectivity index is 0.00000242. The third kappa shape index (κ3) is 5.75. The van der Waals surface area contributed by atoms with Crippen molar-refractivity contribution in [1.82, 2.24) is 10.6 Å². The third-order valence-electron chi connectivity index (χ3n) is 3.17. The number of halogens is 3. The first-order valence-electron chi connectivity index (χ1n) is 6.73. The molecule has 1 heterocycles. The molecule has 0 saturated carbocycles. The van der Waals surface area contributed by atoms with Gasteiger partial charge in [0, 0.05) is 13.1 Å². The van der Waals surface area contributed by atoms with Gasteiger partial charge in [0.1, 0.15) is 12.4 Å². The molecule has 0 bridgehead atoms. The number of β-amino-alcohol motifs (C(OH)–C–C–N with tert-alkyl or cyclic N) is 1. The average Bonchev–Trinajstić information content (AvgIpc) is 2.90. The molecule has 1 aromatic rings.